The number of nitrogens with zero attached hydrogens (tertiary/aromatic N) is 4. The fourth-order valence-electron chi connectivity index (χ4n) is 9.56. The van der Waals surface area contributed by atoms with E-state index in [4.69, 9.17) is 16.3 Å². The Morgan fingerprint density at radius 2 is 1.59 bits per heavy atom. The van der Waals surface area contributed by atoms with Gasteiger partial charge in [0.1, 0.15) is 24.0 Å². The van der Waals surface area contributed by atoms with Gasteiger partial charge in [0, 0.05) is 72.3 Å². The van der Waals surface area contributed by atoms with E-state index in [2.05, 4.69) is 68.0 Å². The molecule has 5 amide bonds. The van der Waals surface area contributed by atoms with Crippen molar-refractivity contribution in [2.75, 3.05) is 24.5 Å². The van der Waals surface area contributed by atoms with Crippen molar-refractivity contribution < 1.29 is 28.7 Å². The number of hydrogen-bond acceptors (Lipinski definition) is 9. The Balaban J connectivity index is 0.927. The summed E-state index contributed by atoms with van der Waals surface area (Å²) in [4.78, 5) is 69.9. The third-order valence-corrected chi connectivity index (χ3v) is 12.5. The molecule has 3 fully saturated rings. The van der Waals surface area contributed by atoms with E-state index in [-0.39, 0.29) is 64.9 Å². The summed E-state index contributed by atoms with van der Waals surface area (Å²) < 4.78 is 6.37. The minimum Gasteiger partial charge on any atom is -0.489 e. The molecule has 3 aliphatic heterocycles. The van der Waals surface area contributed by atoms with Crippen molar-refractivity contribution in [3.05, 3.63) is 93.5 Å². The van der Waals surface area contributed by atoms with E-state index in [1.165, 1.54) is 0 Å². The van der Waals surface area contributed by atoms with Gasteiger partial charge in [-0.1, -0.05) is 51.4 Å². The lowest BCUT2D eigenvalue weighted by Crippen LogP contribution is -2.74. The highest BCUT2D eigenvalue weighted by Gasteiger charge is 2.64. The van der Waals surface area contributed by atoms with Crippen molar-refractivity contribution >= 4 is 46.8 Å². The third-order valence-electron chi connectivity index (χ3n) is 12.2. The maximum atomic E-state index is 13.5. The van der Waals surface area contributed by atoms with E-state index >= 15 is 0 Å². The molecule has 1 unspecified atom stereocenters. The van der Waals surface area contributed by atoms with Gasteiger partial charge in [-0.05, 0) is 74.7 Å². The molecule has 3 atom stereocenters. The van der Waals surface area contributed by atoms with Crippen molar-refractivity contribution in [1.29, 1.82) is 5.26 Å². The van der Waals surface area contributed by atoms with Gasteiger partial charge < -0.3 is 15.0 Å². The number of fused-ring (bicyclic) bond motifs is 1. The number of hydrogen-bond donors (Lipinski definition) is 2. The van der Waals surface area contributed by atoms with E-state index in [0.29, 0.717) is 21.9 Å². The average molecular weight is 779 g/mol. The van der Waals surface area contributed by atoms with E-state index in [1.807, 2.05) is 30.3 Å². The number of imide groups is 2. The van der Waals surface area contributed by atoms with Crippen molar-refractivity contribution in [3.8, 4) is 11.8 Å². The number of nitriles is 1. The molecule has 0 aromatic heterocycles. The Morgan fingerprint density at radius 1 is 0.929 bits per heavy atom. The van der Waals surface area contributed by atoms with Crippen LogP contribution in [0.15, 0.2) is 60.7 Å². The van der Waals surface area contributed by atoms with Gasteiger partial charge in [0.25, 0.3) is 17.7 Å². The summed E-state index contributed by atoms with van der Waals surface area (Å²) in [5.74, 6) is -1.59. The Hall–Kier alpha value is -5.25. The topological polar surface area (TPSA) is 152 Å². The lowest BCUT2D eigenvalue weighted by atomic mass is 9.49. The Bertz CT molecular complexity index is 2130. The van der Waals surface area contributed by atoms with Crippen LogP contribution in [0, 0.1) is 22.2 Å². The summed E-state index contributed by atoms with van der Waals surface area (Å²) in [5.41, 5.74) is 2.77. The average Bonchev–Trinajstić information content (AvgIpc) is 3.40. The van der Waals surface area contributed by atoms with Crippen LogP contribution in [0.3, 0.4) is 0 Å². The van der Waals surface area contributed by atoms with Crippen molar-refractivity contribution in [2.45, 2.75) is 91.1 Å². The van der Waals surface area contributed by atoms with Crippen molar-refractivity contribution in [2.24, 2.45) is 10.8 Å². The number of carbonyl (C=O) groups excluding carboxylic acids is 5. The molecule has 13 heteroatoms. The molecule has 2 saturated heterocycles. The lowest BCUT2D eigenvalue weighted by Gasteiger charge is -2.63. The standard InChI is InChI=1S/C43H47ClN6O6/c1-24-22-48(29-12-14-31-32(19-29)39(55)50(38(31)54)34-15-16-35(51)46-37(34)53)23-25(2)49(24)18-17-26-7-9-27(10-8-26)36(52)47-40-42(3,4)41(43(40,5)6)56-30-13-11-28(21-45)33(44)20-30/h7-14,19-20,24-25,34,40-41H,15-18,22-23H2,1-6H3,(H,47,52)(H,46,51,53)/t24-,25+,34?,40-,41-. The van der Waals surface area contributed by atoms with E-state index < -0.39 is 29.7 Å². The number of piperidine rings is 1. The van der Waals surface area contributed by atoms with Crippen LogP contribution in [0.2, 0.25) is 5.02 Å². The molecule has 0 radical (unpaired) electrons. The number of piperazine rings is 1. The number of carbonyl (C=O) groups is 5. The molecule has 12 nitrogen and oxygen atoms in total. The number of benzene rings is 3. The predicted octanol–water partition coefficient (Wildman–Crippen LogP) is 5.37. The number of amides is 5. The minimum absolute atomic E-state index is 0.0769. The fraction of sp³-hybridized carbons (Fsp3) is 0.442. The summed E-state index contributed by atoms with van der Waals surface area (Å²) in [7, 11) is 0. The summed E-state index contributed by atoms with van der Waals surface area (Å²) >= 11 is 6.24. The van der Waals surface area contributed by atoms with E-state index in [1.54, 1.807) is 30.3 Å². The molecule has 56 heavy (non-hydrogen) atoms. The Kier molecular flexibility index (Phi) is 10.2. The van der Waals surface area contributed by atoms with Crippen molar-refractivity contribution in [3.63, 3.8) is 0 Å². The van der Waals surface area contributed by atoms with E-state index in [9.17, 15) is 29.2 Å². The van der Waals surface area contributed by atoms with Crippen LogP contribution in [0.5, 0.6) is 5.75 Å². The number of halogens is 1. The molecule has 2 N–H and O–H groups in total. The lowest BCUT2D eigenvalue weighted by molar-refractivity contribution is -0.164. The Labute approximate surface area is 332 Å². The van der Waals surface area contributed by atoms with Gasteiger partial charge >= 0.3 is 0 Å². The highest BCUT2D eigenvalue weighted by Crippen LogP contribution is 2.55. The molecule has 3 aromatic rings. The third kappa shape index (κ3) is 6.92. The molecule has 1 saturated carbocycles. The van der Waals surface area contributed by atoms with Crippen LogP contribution in [0.25, 0.3) is 0 Å². The SMILES string of the molecule is C[C@@H]1CN(c2ccc3c(c2)C(=O)N(C2CCC(=O)NC2=O)C3=O)C[C@H](C)N1CCc1ccc(C(=O)N[C@H]2C(C)(C)[C@H](Oc3ccc(C#N)c(Cl)c3)C2(C)C)cc1. The van der Waals surface area contributed by atoms with Crippen LogP contribution >= 0.6 is 11.6 Å². The first kappa shape index (κ1) is 39.0. The predicted molar refractivity (Wildman–Crippen MR) is 211 cm³/mol. The highest BCUT2D eigenvalue weighted by atomic mass is 35.5. The van der Waals surface area contributed by atoms with E-state index in [0.717, 1.165) is 42.2 Å². The molecular weight excluding hydrogens is 732 g/mol. The molecule has 0 bridgehead atoms. The molecule has 3 aromatic carbocycles. The molecule has 1 aliphatic carbocycles. The van der Waals surface area contributed by atoms with Crippen LogP contribution in [-0.2, 0) is 16.0 Å². The monoisotopic (exact) mass is 778 g/mol. The number of ether oxygens (including phenoxy) is 1. The normalized spacial score (nSPS) is 25.6. The molecule has 3 heterocycles. The molecular formula is C43H47ClN6O6. The second kappa shape index (κ2) is 14.7. The summed E-state index contributed by atoms with van der Waals surface area (Å²) in [6.45, 7) is 15.0. The molecule has 4 aliphatic rings. The zero-order valence-corrected chi connectivity index (χ0v) is 33.3. The second-order valence-corrected chi connectivity index (χ2v) is 17.2. The smallest absolute Gasteiger partial charge is 0.262 e. The van der Waals surface area contributed by atoms with Crippen LogP contribution in [0.4, 0.5) is 5.69 Å². The number of anilines is 1. The van der Waals surface area contributed by atoms with Gasteiger partial charge in [-0.3, -0.25) is 39.1 Å². The number of nitrogens with one attached hydrogen (secondary N) is 2. The first-order valence-corrected chi connectivity index (χ1v) is 19.5. The fourth-order valence-corrected chi connectivity index (χ4v) is 9.77. The maximum Gasteiger partial charge on any atom is 0.262 e. The Morgan fingerprint density at radius 3 is 2.21 bits per heavy atom. The van der Waals surface area contributed by atoms with Crippen LogP contribution < -0.4 is 20.3 Å². The van der Waals surface area contributed by atoms with Crippen LogP contribution in [0.1, 0.15) is 96.6 Å². The first-order valence-electron chi connectivity index (χ1n) is 19.1. The summed E-state index contributed by atoms with van der Waals surface area (Å²) in [6.07, 6.45) is 0.810. The van der Waals surface area contributed by atoms with Gasteiger partial charge in [-0.25, -0.2) is 0 Å². The van der Waals surface area contributed by atoms with Gasteiger partial charge in [0.2, 0.25) is 11.8 Å². The van der Waals surface area contributed by atoms with Gasteiger partial charge in [0.15, 0.2) is 0 Å². The second-order valence-electron chi connectivity index (χ2n) is 16.8. The molecule has 0 spiro atoms. The first-order chi connectivity index (χ1) is 26.5. The summed E-state index contributed by atoms with van der Waals surface area (Å²) in [5, 5.41) is 15.1. The zero-order valence-electron chi connectivity index (χ0n) is 32.5. The highest BCUT2D eigenvalue weighted by molar-refractivity contribution is 6.31. The largest absolute Gasteiger partial charge is 0.489 e. The van der Waals surface area contributed by atoms with Crippen molar-refractivity contribution in [1.82, 2.24) is 20.4 Å². The zero-order chi connectivity index (χ0) is 40.3. The van der Waals surface area contributed by atoms with Gasteiger partial charge in [-0.15, -0.1) is 0 Å². The summed E-state index contributed by atoms with van der Waals surface area (Å²) in [6, 6.07) is 19.4. The maximum absolute atomic E-state index is 13.5. The van der Waals surface area contributed by atoms with Gasteiger partial charge in [-0.2, -0.15) is 5.26 Å². The van der Waals surface area contributed by atoms with Crippen LogP contribution in [-0.4, -0.2) is 89.2 Å². The van der Waals surface area contributed by atoms with Gasteiger partial charge in [0.05, 0.1) is 21.7 Å². The quantitative estimate of drug-likeness (QED) is 0.274. The minimum atomic E-state index is -0.995. The molecule has 7 rings (SSSR count). The number of rotatable bonds is 9. The molecule has 292 valence electrons.